The number of ether oxygens (including phenoxy) is 1. The normalized spacial score (nSPS) is 12.6. The van der Waals surface area contributed by atoms with Gasteiger partial charge in [0.1, 0.15) is 15.6 Å². The lowest BCUT2D eigenvalue weighted by Crippen LogP contribution is -2.18. The Labute approximate surface area is 115 Å². The molecule has 2 rings (SSSR count). The zero-order chi connectivity index (χ0) is 13.0. The fourth-order valence-corrected chi connectivity index (χ4v) is 3.38. The molecule has 1 N–H and O–H groups in total. The molecule has 0 spiro atoms. The molecule has 98 valence electrons. The Kier molecular flexibility index (Phi) is 4.68. The smallest absolute Gasteiger partial charge is 0.161 e. The van der Waals surface area contributed by atoms with Gasteiger partial charge in [-0.15, -0.1) is 21.5 Å². The van der Waals surface area contributed by atoms with Gasteiger partial charge in [-0.2, -0.15) is 0 Å². The first-order chi connectivity index (χ1) is 8.76. The highest BCUT2D eigenvalue weighted by Gasteiger charge is 2.16. The van der Waals surface area contributed by atoms with E-state index in [2.05, 4.69) is 29.4 Å². The second-order valence-corrected chi connectivity index (χ2v) is 5.86. The third-order valence-electron chi connectivity index (χ3n) is 2.55. The molecule has 2 heterocycles. The number of nitrogens with zero attached hydrogens (tertiary/aromatic N) is 2. The van der Waals surface area contributed by atoms with E-state index < -0.39 is 0 Å². The van der Waals surface area contributed by atoms with Crippen LogP contribution < -0.4 is 10.1 Å². The van der Waals surface area contributed by atoms with Gasteiger partial charge in [0.25, 0.3) is 0 Å². The van der Waals surface area contributed by atoms with E-state index >= 15 is 0 Å². The van der Waals surface area contributed by atoms with Gasteiger partial charge in [0.15, 0.2) is 5.01 Å². The molecule has 6 heteroatoms. The fourth-order valence-electron chi connectivity index (χ4n) is 1.56. The van der Waals surface area contributed by atoms with Gasteiger partial charge >= 0.3 is 0 Å². The molecule has 0 aromatic carbocycles. The molecule has 4 nitrogen and oxygen atoms in total. The standard InChI is InChI=1S/C12H17N3OS2/c1-4-6-13-8(2)11-14-15-12(18-11)10-9(16-3)5-7-17-10/h5,7-8,13H,4,6H2,1-3H3. The van der Waals surface area contributed by atoms with Crippen molar-refractivity contribution < 1.29 is 4.74 Å². The number of rotatable bonds is 6. The summed E-state index contributed by atoms with van der Waals surface area (Å²) in [5.41, 5.74) is 0. The van der Waals surface area contributed by atoms with Crippen LogP contribution >= 0.6 is 22.7 Å². The van der Waals surface area contributed by atoms with Crippen molar-refractivity contribution >= 4 is 22.7 Å². The molecule has 1 atom stereocenters. The molecule has 0 saturated carbocycles. The van der Waals surface area contributed by atoms with Crippen molar-refractivity contribution in [2.45, 2.75) is 26.3 Å². The van der Waals surface area contributed by atoms with E-state index in [9.17, 15) is 0 Å². The van der Waals surface area contributed by atoms with E-state index in [1.54, 1.807) is 29.8 Å². The summed E-state index contributed by atoms with van der Waals surface area (Å²) in [5.74, 6) is 0.872. The second kappa shape index (κ2) is 6.26. The number of aromatic nitrogens is 2. The lowest BCUT2D eigenvalue weighted by molar-refractivity contribution is 0.418. The average Bonchev–Trinajstić information content (AvgIpc) is 3.02. The summed E-state index contributed by atoms with van der Waals surface area (Å²) >= 11 is 3.26. The molecule has 1 unspecified atom stereocenters. The molecular formula is C12H17N3OS2. The fraction of sp³-hybridized carbons (Fsp3) is 0.500. The summed E-state index contributed by atoms with van der Waals surface area (Å²) in [6, 6.07) is 2.21. The topological polar surface area (TPSA) is 47.0 Å². The van der Waals surface area contributed by atoms with Gasteiger partial charge in [-0.25, -0.2) is 0 Å². The number of nitrogens with one attached hydrogen (secondary N) is 1. The first-order valence-corrected chi connectivity index (χ1v) is 7.64. The molecule has 0 saturated heterocycles. The van der Waals surface area contributed by atoms with Gasteiger partial charge in [-0.3, -0.25) is 0 Å². The van der Waals surface area contributed by atoms with Gasteiger partial charge in [-0.1, -0.05) is 18.3 Å². The van der Waals surface area contributed by atoms with Gasteiger partial charge in [-0.05, 0) is 31.3 Å². The van der Waals surface area contributed by atoms with Crippen LogP contribution in [0, 0.1) is 0 Å². The summed E-state index contributed by atoms with van der Waals surface area (Å²) in [6.45, 7) is 5.27. The Hall–Kier alpha value is -0.980. The van der Waals surface area contributed by atoms with E-state index in [1.165, 1.54) is 0 Å². The molecule has 0 radical (unpaired) electrons. The van der Waals surface area contributed by atoms with Crippen molar-refractivity contribution in [3.8, 4) is 15.6 Å². The molecular weight excluding hydrogens is 266 g/mol. The average molecular weight is 283 g/mol. The quantitative estimate of drug-likeness (QED) is 0.883. The zero-order valence-corrected chi connectivity index (χ0v) is 12.4. The summed E-state index contributed by atoms with van der Waals surface area (Å²) in [6.07, 6.45) is 1.12. The Bertz CT molecular complexity index is 495. The Morgan fingerprint density at radius 2 is 2.28 bits per heavy atom. The first kappa shape index (κ1) is 13.5. The minimum atomic E-state index is 0.252. The van der Waals surface area contributed by atoms with Crippen LogP contribution in [-0.4, -0.2) is 23.9 Å². The molecule has 0 bridgehead atoms. The Morgan fingerprint density at radius 3 is 3.00 bits per heavy atom. The lowest BCUT2D eigenvalue weighted by atomic mass is 10.3. The number of methoxy groups -OCH3 is 1. The van der Waals surface area contributed by atoms with Crippen LogP contribution in [0.15, 0.2) is 11.4 Å². The van der Waals surface area contributed by atoms with E-state index in [0.29, 0.717) is 0 Å². The van der Waals surface area contributed by atoms with Crippen LogP contribution in [0.2, 0.25) is 0 Å². The highest BCUT2D eigenvalue weighted by Crippen LogP contribution is 2.37. The van der Waals surface area contributed by atoms with Crippen LogP contribution in [0.5, 0.6) is 5.75 Å². The number of hydrogen-bond acceptors (Lipinski definition) is 6. The molecule has 2 aromatic heterocycles. The minimum Gasteiger partial charge on any atom is -0.495 e. The SMILES string of the molecule is CCCNC(C)c1nnc(-c2sccc2OC)s1. The highest BCUT2D eigenvalue weighted by molar-refractivity contribution is 7.21. The number of thiophene rings is 1. The van der Waals surface area contributed by atoms with Crippen LogP contribution in [0.3, 0.4) is 0 Å². The first-order valence-electron chi connectivity index (χ1n) is 5.95. The third kappa shape index (κ3) is 2.88. The molecule has 0 aliphatic rings. The highest BCUT2D eigenvalue weighted by atomic mass is 32.1. The van der Waals surface area contributed by atoms with Crippen molar-refractivity contribution in [2.24, 2.45) is 0 Å². The minimum absolute atomic E-state index is 0.252. The van der Waals surface area contributed by atoms with Gasteiger partial charge < -0.3 is 10.1 Å². The van der Waals surface area contributed by atoms with E-state index in [4.69, 9.17) is 4.74 Å². The molecule has 0 aliphatic heterocycles. The van der Waals surface area contributed by atoms with E-state index in [-0.39, 0.29) is 6.04 Å². The van der Waals surface area contributed by atoms with Crippen molar-refractivity contribution in [1.82, 2.24) is 15.5 Å². The molecule has 18 heavy (non-hydrogen) atoms. The van der Waals surface area contributed by atoms with E-state index in [0.717, 1.165) is 33.6 Å². The monoisotopic (exact) mass is 283 g/mol. The maximum absolute atomic E-state index is 5.31. The molecule has 0 amide bonds. The Morgan fingerprint density at radius 1 is 1.44 bits per heavy atom. The largest absolute Gasteiger partial charge is 0.495 e. The summed E-state index contributed by atoms with van der Waals surface area (Å²) < 4.78 is 5.31. The maximum Gasteiger partial charge on any atom is 0.161 e. The van der Waals surface area contributed by atoms with Crippen LogP contribution in [-0.2, 0) is 0 Å². The van der Waals surface area contributed by atoms with Crippen molar-refractivity contribution in [3.05, 3.63) is 16.5 Å². The number of hydrogen-bond donors (Lipinski definition) is 1. The van der Waals surface area contributed by atoms with Gasteiger partial charge in [0, 0.05) is 0 Å². The van der Waals surface area contributed by atoms with Crippen molar-refractivity contribution in [2.75, 3.05) is 13.7 Å². The summed E-state index contributed by atoms with van der Waals surface area (Å²) in [7, 11) is 1.68. The Balaban J connectivity index is 2.15. The third-order valence-corrected chi connectivity index (χ3v) is 4.71. The molecule has 0 aliphatic carbocycles. The van der Waals surface area contributed by atoms with Crippen LogP contribution in [0.4, 0.5) is 0 Å². The van der Waals surface area contributed by atoms with Crippen molar-refractivity contribution in [1.29, 1.82) is 0 Å². The second-order valence-electron chi connectivity index (χ2n) is 3.94. The maximum atomic E-state index is 5.31. The molecule has 0 fully saturated rings. The predicted molar refractivity (Wildman–Crippen MR) is 76.5 cm³/mol. The van der Waals surface area contributed by atoms with Crippen LogP contribution in [0.25, 0.3) is 9.88 Å². The lowest BCUT2D eigenvalue weighted by Gasteiger charge is -2.08. The zero-order valence-electron chi connectivity index (χ0n) is 10.8. The molecule has 2 aromatic rings. The van der Waals surface area contributed by atoms with Gasteiger partial charge in [0.05, 0.1) is 13.2 Å². The van der Waals surface area contributed by atoms with Gasteiger partial charge in [0.2, 0.25) is 0 Å². The van der Waals surface area contributed by atoms with E-state index in [1.807, 2.05) is 11.4 Å². The predicted octanol–water partition coefficient (Wildman–Crippen LogP) is 3.34. The summed E-state index contributed by atoms with van der Waals surface area (Å²) in [4.78, 5) is 1.06. The summed E-state index contributed by atoms with van der Waals surface area (Å²) in [5, 5.41) is 15.9. The van der Waals surface area contributed by atoms with Crippen LogP contribution in [0.1, 0.15) is 31.3 Å². The van der Waals surface area contributed by atoms with Crippen molar-refractivity contribution in [3.63, 3.8) is 0 Å².